The monoisotopic (exact) mass is 380 g/mol. The molecule has 2 aliphatic rings. The van der Waals surface area contributed by atoms with Gasteiger partial charge in [-0.3, -0.25) is 4.79 Å². The van der Waals surface area contributed by atoms with Gasteiger partial charge < -0.3 is 20.9 Å². The van der Waals surface area contributed by atoms with Crippen LogP contribution in [0.25, 0.3) is 0 Å². The lowest BCUT2D eigenvalue weighted by molar-refractivity contribution is -0.122. The molecule has 7 heteroatoms. The van der Waals surface area contributed by atoms with E-state index in [9.17, 15) is 9.59 Å². The molecule has 1 aromatic rings. The Morgan fingerprint density at radius 2 is 1.88 bits per heavy atom. The summed E-state index contributed by atoms with van der Waals surface area (Å²) in [6.07, 6.45) is 5.38. The zero-order chi connectivity index (χ0) is 17.8. The summed E-state index contributed by atoms with van der Waals surface area (Å²) in [5, 5.41) is 9.45. The van der Waals surface area contributed by atoms with Crippen LogP contribution in [0, 0.1) is 5.92 Å². The van der Waals surface area contributed by atoms with Crippen LogP contribution in [0.4, 0.5) is 10.5 Å². The van der Waals surface area contributed by atoms with Crippen LogP contribution >= 0.6 is 12.4 Å². The van der Waals surface area contributed by atoms with Gasteiger partial charge in [-0.1, -0.05) is 12.1 Å². The molecule has 1 aromatic carbocycles. The van der Waals surface area contributed by atoms with Gasteiger partial charge in [-0.15, -0.1) is 12.4 Å². The Morgan fingerprint density at radius 3 is 2.54 bits per heavy atom. The van der Waals surface area contributed by atoms with Gasteiger partial charge in [0, 0.05) is 44.8 Å². The highest BCUT2D eigenvalue weighted by Crippen LogP contribution is 2.32. The molecule has 2 fully saturated rings. The zero-order valence-electron chi connectivity index (χ0n) is 15.5. The van der Waals surface area contributed by atoms with E-state index in [1.165, 1.54) is 17.7 Å². The van der Waals surface area contributed by atoms with E-state index in [1.54, 1.807) is 14.1 Å². The number of hydrogen-bond acceptors (Lipinski definition) is 3. The number of rotatable bonds is 5. The van der Waals surface area contributed by atoms with Gasteiger partial charge in [0.2, 0.25) is 5.91 Å². The summed E-state index contributed by atoms with van der Waals surface area (Å²) in [5.74, 6) is 0.624. The Balaban J connectivity index is 0.00000243. The molecular weight excluding hydrogens is 352 g/mol. The average Bonchev–Trinajstić information content (AvgIpc) is 2.92. The normalized spacial score (nSPS) is 23.7. The number of hydrogen-bond donors (Lipinski definition) is 3. The molecular formula is C19H29ClN4O2. The van der Waals surface area contributed by atoms with E-state index in [0.29, 0.717) is 31.0 Å². The minimum Gasteiger partial charge on any atom is -0.352 e. The Bertz CT molecular complexity index is 626. The van der Waals surface area contributed by atoms with Crippen LogP contribution in [0.3, 0.4) is 0 Å². The molecule has 6 nitrogen and oxygen atoms in total. The van der Waals surface area contributed by atoms with Crippen molar-refractivity contribution in [3.63, 3.8) is 0 Å². The topological polar surface area (TPSA) is 73.5 Å². The Kier molecular flexibility index (Phi) is 7.29. The minimum absolute atomic E-state index is 0. The fourth-order valence-electron chi connectivity index (χ4n) is 3.87. The number of anilines is 1. The van der Waals surface area contributed by atoms with E-state index in [0.717, 1.165) is 24.1 Å². The molecule has 2 saturated heterocycles. The molecule has 26 heavy (non-hydrogen) atoms. The highest BCUT2D eigenvalue weighted by atomic mass is 35.5. The quantitative estimate of drug-likeness (QED) is 0.735. The Labute approximate surface area is 161 Å². The molecule has 3 rings (SSSR count). The van der Waals surface area contributed by atoms with Gasteiger partial charge in [-0.2, -0.15) is 0 Å². The van der Waals surface area contributed by atoms with Crippen LogP contribution in [0.1, 0.15) is 37.7 Å². The molecule has 0 aliphatic carbocycles. The molecule has 0 radical (unpaired) electrons. The summed E-state index contributed by atoms with van der Waals surface area (Å²) in [7, 11) is 3.40. The number of piperidine rings is 1. The van der Waals surface area contributed by atoms with E-state index < -0.39 is 0 Å². The third kappa shape index (κ3) is 5.61. The van der Waals surface area contributed by atoms with Crippen molar-refractivity contribution >= 4 is 30.0 Å². The van der Waals surface area contributed by atoms with Gasteiger partial charge in [0.25, 0.3) is 0 Å². The molecule has 0 aromatic heterocycles. The first-order chi connectivity index (χ1) is 12.0. The van der Waals surface area contributed by atoms with Crippen molar-refractivity contribution in [2.24, 2.45) is 5.92 Å². The van der Waals surface area contributed by atoms with Crippen molar-refractivity contribution in [3.05, 3.63) is 29.8 Å². The van der Waals surface area contributed by atoms with Gasteiger partial charge in [0.1, 0.15) is 0 Å². The first-order valence-corrected chi connectivity index (χ1v) is 9.09. The Hall–Kier alpha value is -1.79. The maximum atomic E-state index is 12.3. The largest absolute Gasteiger partial charge is 0.352 e. The van der Waals surface area contributed by atoms with Crippen LogP contribution in [-0.4, -0.2) is 43.0 Å². The van der Waals surface area contributed by atoms with E-state index in [-0.39, 0.29) is 24.3 Å². The molecule has 3 N–H and O–H groups in total. The number of halogens is 1. The molecule has 144 valence electrons. The van der Waals surface area contributed by atoms with Gasteiger partial charge >= 0.3 is 6.03 Å². The number of carbonyl (C=O) groups excluding carboxylic acids is 2. The highest BCUT2D eigenvalue weighted by molar-refractivity contribution is 5.89. The van der Waals surface area contributed by atoms with Crippen LogP contribution in [0.15, 0.2) is 24.3 Å². The smallest absolute Gasteiger partial charge is 0.321 e. The van der Waals surface area contributed by atoms with E-state index in [1.807, 2.05) is 24.3 Å². The lowest BCUT2D eigenvalue weighted by Gasteiger charge is -2.28. The number of urea groups is 1. The van der Waals surface area contributed by atoms with Crippen molar-refractivity contribution in [1.29, 1.82) is 0 Å². The van der Waals surface area contributed by atoms with E-state index in [4.69, 9.17) is 0 Å². The number of amides is 3. The average molecular weight is 381 g/mol. The second kappa shape index (κ2) is 9.24. The predicted octanol–water partition coefficient (Wildman–Crippen LogP) is 2.74. The van der Waals surface area contributed by atoms with Crippen molar-refractivity contribution in [3.8, 4) is 0 Å². The number of nitrogens with one attached hydrogen (secondary N) is 3. The number of nitrogens with zero attached hydrogens (tertiary/aromatic N) is 1. The van der Waals surface area contributed by atoms with Crippen molar-refractivity contribution in [1.82, 2.24) is 15.5 Å². The molecule has 2 aliphatic heterocycles. The number of benzene rings is 1. The van der Waals surface area contributed by atoms with E-state index >= 15 is 0 Å². The predicted molar refractivity (Wildman–Crippen MR) is 106 cm³/mol. The number of fused-ring (bicyclic) bond motifs is 2. The second-order valence-electron chi connectivity index (χ2n) is 7.48. The van der Waals surface area contributed by atoms with Gasteiger partial charge in [-0.05, 0) is 49.3 Å². The lowest BCUT2D eigenvalue weighted by atomic mass is 9.89. The van der Waals surface area contributed by atoms with Crippen LogP contribution < -0.4 is 16.0 Å². The summed E-state index contributed by atoms with van der Waals surface area (Å²) in [4.78, 5) is 25.5. The van der Waals surface area contributed by atoms with Gasteiger partial charge in [-0.25, -0.2) is 4.79 Å². The SMILES string of the molecule is CN(C)C(=O)Nc1cccc(CNC(=O)CC2CC3CCC(C2)N3)c1.Cl. The standard InChI is InChI=1S/C19H28N4O2.ClH/c1-23(2)19(25)22-15-5-3-4-13(8-15)12-20-18(24)11-14-9-16-6-7-17(10-14)21-16;/h3-5,8,14,16-17,21H,6-7,9-12H2,1-2H3,(H,20,24)(H,22,25);1H. The van der Waals surface area contributed by atoms with Crippen LogP contribution in [-0.2, 0) is 11.3 Å². The summed E-state index contributed by atoms with van der Waals surface area (Å²) in [6.45, 7) is 0.488. The van der Waals surface area contributed by atoms with Crippen LogP contribution in [0.5, 0.6) is 0 Å². The second-order valence-corrected chi connectivity index (χ2v) is 7.48. The number of carbonyl (C=O) groups is 2. The molecule has 3 amide bonds. The summed E-state index contributed by atoms with van der Waals surface area (Å²) in [6, 6.07) is 8.65. The molecule has 2 unspecified atom stereocenters. The highest BCUT2D eigenvalue weighted by Gasteiger charge is 2.34. The molecule has 2 bridgehead atoms. The van der Waals surface area contributed by atoms with Gasteiger partial charge in [0.05, 0.1) is 0 Å². The van der Waals surface area contributed by atoms with Gasteiger partial charge in [0.15, 0.2) is 0 Å². The molecule has 0 saturated carbocycles. The van der Waals surface area contributed by atoms with Crippen molar-refractivity contribution in [2.75, 3.05) is 19.4 Å². The summed E-state index contributed by atoms with van der Waals surface area (Å²) >= 11 is 0. The summed E-state index contributed by atoms with van der Waals surface area (Å²) in [5.41, 5.74) is 1.72. The minimum atomic E-state index is -0.165. The van der Waals surface area contributed by atoms with E-state index in [2.05, 4.69) is 16.0 Å². The first kappa shape index (κ1) is 20.5. The zero-order valence-corrected chi connectivity index (χ0v) is 16.3. The molecule has 2 heterocycles. The van der Waals surface area contributed by atoms with Crippen molar-refractivity contribution in [2.45, 2.75) is 50.7 Å². The molecule has 0 spiro atoms. The maximum absolute atomic E-state index is 12.3. The lowest BCUT2D eigenvalue weighted by Crippen LogP contribution is -2.39. The fraction of sp³-hybridized carbons (Fsp3) is 0.579. The third-order valence-electron chi connectivity index (χ3n) is 5.12. The first-order valence-electron chi connectivity index (χ1n) is 9.09. The third-order valence-corrected chi connectivity index (χ3v) is 5.12. The maximum Gasteiger partial charge on any atom is 0.321 e. The van der Waals surface area contributed by atoms with Crippen molar-refractivity contribution < 1.29 is 9.59 Å². The molecule has 2 atom stereocenters. The Morgan fingerprint density at radius 1 is 1.19 bits per heavy atom. The van der Waals surface area contributed by atoms with Crippen LogP contribution in [0.2, 0.25) is 0 Å². The summed E-state index contributed by atoms with van der Waals surface area (Å²) < 4.78 is 0. The fourth-order valence-corrected chi connectivity index (χ4v) is 3.87.